The first-order valence-electron chi connectivity index (χ1n) is 4.95. The Hall–Kier alpha value is -2.18. The van der Waals surface area contributed by atoms with Gasteiger partial charge in [0.1, 0.15) is 5.58 Å². The molecule has 0 radical (unpaired) electrons. The van der Waals surface area contributed by atoms with Crippen LogP contribution in [-0.4, -0.2) is 0 Å². The van der Waals surface area contributed by atoms with Crippen LogP contribution in [0.15, 0.2) is 16.5 Å². The highest BCUT2D eigenvalue weighted by atomic mass is 19.2. The van der Waals surface area contributed by atoms with Crippen molar-refractivity contribution in [3.63, 3.8) is 0 Å². The number of hydrogen-bond donors (Lipinski definition) is 0. The molecule has 0 atom stereocenters. The zero-order valence-electron chi connectivity index (χ0n) is 8.83. The molecule has 0 aliphatic heterocycles. The number of rotatable bonds is 0. The maximum absolute atomic E-state index is 13.6. The Morgan fingerprint density at radius 3 is 1.95 bits per heavy atom. The van der Waals surface area contributed by atoms with Crippen LogP contribution in [0.2, 0.25) is 0 Å². The van der Waals surface area contributed by atoms with Gasteiger partial charge in [-0.05, 0) is 6.07 Å². The number of fused-ring (bicyclic) bond motifs is 3. The van der Waals surface area contributed by atoms with Crippen LogP contribution in [0.1, 0.15) is 0 Å². The van der Waals surface area contributed by atoms with Gasteiger partial charge in [-0.25, -0.2) is 22.0 Å². The Labute approximate surface area is 101 Å². The third kappa shape index (κ3) is 1.44. The molecule has 1 aromatic heterocycles. The van der Waals surface area contributed by atoms with Gasteiger partial charge in [0.05, 0.1) is 5.39 Å². The lowest BCUT2D eigenvalue weighted by Crippen LogP contribution is -1.96. The molecule has 0 saturated carbocycles. The van der Waals surface area contributed by atoms with Gasteiger partial charge in [-0.1, -0.05) is 0 Å². The van der Waals surface area contributed by atoms with Crippen LogP contribution >= 0.6 is 0 Å². The van der Waals surface area contributed by atoms with Crippen molar-refractivity contribution in [2.24, 2.45) is 0 Å². The molecule has 0 saturated heterocycles. The standard InChI is InChI=1S/C12H2F6O/c13-4-1-3-6(2-5(4)14)19-12-7(3)8(15)9(16)10(17)11(12)18/h1-2H. The summed E-state index contributed by atoms with van der Waals surface area (Å²) in [7, 11) is 0. The van der Waals surface area contributed by atoms with E-state index < -0.39 is 51.5 Å². The van der Waals surface area contributed by atoms with Crippen molar-refractivity contribution in [2.45, 2.75) is 0 Å². The fraction of sp³-hybridized carbons (Fsp3) is 0. The van der Waals surface area contributed by atoms with Crippen LogP contribution in [0.4, 0.5) is 26.3 Å². The second-order valence-electron chi connectivity index (χ2n) is 3.82. The molecule has 1 heterocycles. The summed E-state index contributed by atoms with van der Waals surface area (Å²) < 4.78 is 83.8. The minimum Gasteiger partial charge on any atom is -0.453 e. The van der Waals surface area contributed by atoms with E-state index in [1.165, 1.54) is 0 Å². The molecule has 3 aromatic rings. The van der Waals surface area contributed by atoms with E-state index in [1.54, 1.807) is 0 Å². The Morgan fingerprint density at radius 2 is 1.26 bits per heavy atom. The molecular weight excluding hydrogens is 274 g/mol. The fourth-order valence-electron chi connectivity index (χ4n) is 1.87. The van der Waals surface area contributed by atoms with Crippen molar-refractivity contribution < 1.29 is 30.8 Å². The zero-order valence-corrected chi connectivity index (χ0v) is 8.83. The number of halogens is 6. The summed E-state index contributed by atoms with van der Waals surface area (Å²) in [5, 5.41) is -1.16. The molecule has 0 fully saturated rings. The Balaban J connectivity index is 2.63. The number of furan rings is 1. The van der Waals surface area contributed by atoms with E-state index in [0.29, 0.717) is 12.1 Å². The summed E-state index contributed by atoms with van der Waals surface area (Å²) in [5.74, 6) is -10.2. The molecule has 19 heavy (non-hydrogen) atoms. The lowest BCUT2D eigenvalue weighted by molar-refractivity contribution is 0.411. The summed E-state index contributed by atoms with van der Waals surface area (Å²) in [5.41, 5.74) is -1.35. The third-order valence-electron chi connectivity index (χ3n) is 2.73. The number of hydrogen-bond acceptors (Lipinski definition) is 1. The minimum atomic E-state index is -2.05. The summed E-state index contributed by atoms with van der Waals surface area (Å²) in [6, 6.07) is 1.07. The van der Waals surface area contributed by atoms with E-state index >= 15 is 0 Å². The van der Waals surface area contributed by atoms with Crippen molar-refractivity contribution in [3.8, 4) is 0 Å². The zero-order chi connectivity index (χ0) is 13.9. The molecule has 7 heteroatoms. The topological polar surface area (TPSA) is 13.1 Å². The molecule has 0 amide bonds. The number of benzene rings is 2. The predicted octanol–water partition coefficient (Wildman–Crippen LogP) is 4.42. The van der Waals surface area contributed by atoms with Gasteiger partial charge in [0.25, 0.3) is 0 Å². The first kappa shape index (κ1) is 11.9. The lowest BCUT2D eigenvalue weighted by Gasteiger charge is -1.98. The first-order chi connectivity index (χ1) is 8.91. The van der Waals surface area contributed by atoms with Gasteiger partial charge in [-0.3, -0.25) is 0 Å². The van der Waals surface area contributed by atoms with E-state index in [4.69, 9.17) is 4.42 Å². The van der Waals surface area contributed by atoms with Gasteiger partial charge >= 0.3 is 0 Å². The maximum atomic E-state index is 13.6. The van der Waals surface area contributed by atoms with Crippen LogP contribution in [0.25, 0.3) is 21.9 Å². The molecule has 0 bridgehead atoms. The quantitative estimate of drug-likeness (QED) is 0.336. The molecule has 0 unspecified atom stereocenters. The van der Waals surface area contributed by atoms with E-state index in [0.717, 1.165) is 0 Å². The third-order valence-corrected chi connectivity index (χ3v) is 2.73. The molecule has 1 nitrogen and oxygen atoms in total. The van der Waals surface area contributed by atoms with Crippen molar-refractivity contribution in [1.29, 1.82) is 0 Å². The molecule has 0 aliphatic carbocycles. The first-order valence-corrected chi connectivity index (χ1v) is 4.95. The summed E-state index contributed by atoms with van der Waals surface area (Å²) in [4.78, 5) is 0. The van der Waals surface area contributed by atoms with Gasteiger partial charge in [0.2, 0.25) is 11.6 Å². The van der Waals surface area contributed by atoms with Gasteiger partial charge in [-0.15, -0.1) is 0 Å². The Bertz CT molecular complexity index is 836. The summed E-state index contributed by atoms with van der Waals surface area (Å²) in [6.07, 6.45) is 0. The predicted molar refractivity (Wildman–Crippen MR) is 53.5 cm³/mol. The molecule has 98 valence electrons. The molecule has 0 spiro atoms. The van der Waals surface area contributed by atoms with Crippen molar-refractivity contribution in [1.82, 2.24) is 0 Å². The smallest absolute Gasteiger partial charge is 0.205 e. The molecular formula is C12H2F6O. The average Bonchev–Trinajstić information content (AvgIpc) is 2.73. The van der Waals surface area contributed by atoms with E-state index in [1.807, 2.05) is 0 Å². The lowest BCUT2D eigenvalue weighted by atomic mass is 10.1. The summed E-state index contributed by atoms with van der Waals surface area (Å²) in [6.45, 7) is 0. The van der Waals surface area contributed by atoms with Crippen LogP contribution in [-0.2, 0) is 0 Å². The highest BCUT2D eigenvalue weighted by molar-refractivity contribution is 6.05. The second-order valence-corrected chi connectivity index (χ2v) is 3.82. The van der Waals surface area contributed by atoms with E-state index in [2.05, 4.69) is 0 Å². The summed E-state index contributed by atoms with van der Waals surface area (Å²) >= 11 is 0. The van der Waals surface area contributed by atoms with Gasteiger partial charge in [-0.2, -0.15) is 4.39 Å². The van der Waals surface area contributed by atoms with Crippen molar-refractivity contribution >= 4 is 21.9 Å². The van der Waals surface area contributed by atoms with Crippen LogP contribution in [0.3, 0.4) is 0 Å². The average molecular weight is 276 g/mol. The van der Waals surface area contributed by atoms with Crippen LogP contribution < -0.4 is 0 Å². The van der Waals surface area contributed by atoms with Crippen LogP contribution in [0, 0.1) is 34.9 Å². The highest BCUT2D eigenvalue weighted by Gasteiger charge is 2.26. The minimum absolute atomic E-state index is 0.385. The molecule has 2 aromatic carbocycles. The van der Waals surface area contributed by atoms with Crippen molar-refractivity contribution in [3.05, 3.63) is 47.0 Å². The maximum Gasteiger partial charge on any atom is 0.205 e. The fourth-order valence-corrected chi connectivity index (χ4v) is 1.87. The molecule has 0 N–H and O–H groups in total. The van der Waals surface area contributed by atoms with Gasteiger partial charge in [0, 0.05) is 11.5 Å². The highest BCUT2D eigenvalue weighted by Crippen LogP contribution is 2.35. The van der Waals surface area contributed by atoms with Crippen molar-refractivity contribution in [2.75, 3.05) is 0 Å². The van der Waals surface area contributed by atoms with Gasteiger partial charge < -0.3 is 4.42 Å². The molecule has 0 aliphatic rings. The SMILES string of the molecule is Fc1cc2oc3c(F)c(F)c(F)c(F)c3c2cc1F. The Kier molecular flexibility index (Phi) is 2.29. The Morgan fingerprint density at radius 1 is 0.684 bits per heavy atom. The molecule has 3 rings (SSSR count). The van der Waals surface area contributed by atoms with E-state index in [9.17, 15) is 26.3 Å². The largest absolute Gasteiger partial charge is 0.453 e. The normalized spacial score (nSPS) is 11.7. The monoisotopic (exact) mass is 276 g/mol. The van der Waals surface area contributed by atoms with Gasteiger partial charge in [0.15, 0.2) is 28.9 Å². The van der Waals surface area contributed by atoms with E-state index in [-0.39, 0.29) is 5.39 Å². The second kappa shape index (κ2) is 3.66. The van der Waals surface area contributed by atoms with Crippen LogP contribution in [0.5, 0.6) is 0 Å².